The topological polar surface area (TPSA) is 68.2 Å². The zero-order valence-corrected chi connectivity index (χ0v) is 21.7. The van der Waals surface area contributed by atoms with Gasteiger partial charge in [0.15, 0.2) is 0 Å². The molecule has 38 heavy (non-hydrogen) atoms. The Hall–Kier alpha value is -3.29. The maximum absolute atomic E-state index is 13.3. The SMILES string of the molecule is C=CCCC(=O)N1C[C@H](OCc2ccccc2)[C@@H](OCc2ccccc2)[C@H](OCc2ccccc2)[C@H]1CO. The number of hydrogen-bond acceptors (Lipinski definition) is 5. The van der Waals surface area contributed by atoms with E-state index in [1.165, 1.54) is 0 Å². The highest BCUT2D eigenvalue weighted by Gasteiger charge is 2.47. The number of ether oxygens (including phenoxy) is 3. The number of piperidine rings is 1. The number of carbonyl (C=O) groups is 1. The monoisotopic (exact) mass is 515 g/mol. The van der Waals surface area contributed by atoms with Gasteiger partial charge in [-0.25, -0.2) is 0 Å². The van der Waals surface area contributed by atoms with E-state index in [0.29, 0.717) is 39.2 Å². The molecule has 1 N–H and O–H groups in total. The van der Waals surface area contributed by atoms with Crippen molar-refractivity contribution < 1.29 is 24.1 Å². The fraction of sp³-hybridized carbons (Fsp3) is 0.344. The number of rotatable bonds is 13. The van der Waals surface area contributed by atoms with Gasteiger partial charge in [-0.2, -0.15) is 0 Å². The number of allylic oxidation sites excluding steroid dienone is 1. The molecule has 0 bridgehead atoms. The van der Waals surface area contributed by atoms with E-state index in [0.717, 1.165) is 16.7 Å². The maximum atomic E-state index is 13.3. The van der Waals surface area contributed by atoms with Crippen molar-refractivity contribution in [2.24, 2.45) is 0 Å². The van der Waals surface area contributed by atoms with Crippen molar-refractivity contribution in [1.29, 1.82) is 0 Å². The molecule has 4 atom stereocenters. The van der Waals surface area contributed by atoms with Crippen LogP contribution in [0.3, 0.4) is 0 Å². The highest BCUT2D eigenvalue weighted by molar-refractivity contribution is 5.77. The number of nitrogens with zero attached hydrogens (tertiary/aromatic N) is 1. The second-order valence-corrected chi connectivity index (χ2v) is 9.48. The number of amides is 1. The molecule has 0 aliphatic carbocycles. The number of likely N-dealkylation sites (tertiary alicyclic amines) is 1. The van der Waals surface area contributed by atoms with Crippen molar-refractivity contribution in [2.75, 3.05) is 13.2 Å². The summed E-state index contributed by atoms with van der Waals surface area (Å²) in [5.41, 5.74) is 3.06. The van der Waals surface area contributed by atoms with Gasteiger partial charge >= 0.3 is 0 Å². The second-order valence-electron chi connectivity index (χ2n) is 9.48. The van der Waals surface area contributed by atoms with Gasteiger partial charge in [0.2, 0.25) is 5.91 Å². The lowest BCUT2D eigenvalue weighted by atomic mass is 9.92. The quantitative estimate of drug-likeness (QED) is 0.328. The first-order chi connectivity index (χ1) is 18.7. The van der Waals surface area contributed by atoms with E-state index < -0.39 is 24.4 Å². The van der Waals surface area contributed by atoms with Crippen LogP contribution in [0.5, 0.6) is 0 Å². The molecule has 3 aromatic rings. The van der Waals surface area contributed by atoms with Crippen LogP contribution in [0.4, 0.5) is 0 Å². The molecule has 200 valence electrons. The normalized spacial score (nSPS) is 21.2. The highest BCUT2D eigenvalue weighted by Crippen LogP contribution is 2.29. The molecule has 6 heteroatoms. The van der Waals surface area contributed by atoms with E-state index in [9.17, 15) is 9.90 Å². The minimum absolute atomic E-state index is 0.0629. The lowest BCUT2D eigenvalue weighted by Gasteiger charge is -2.48. The van der Waals surface area contributed by atoms with Gasteiger partial charge in [0.25, 0.3) is 0 Å². The summed E-state index contributed by atoms with van der Waals surface area (Å²) in [6.45, 7) is 4.88. The van der Waals surface area contributed by atoms with E-state index in [1.807, 2.05) is 91.0 Å². The van der Waals surface area contributed by atoms with E-state index in [4.69, 9.17) is 14.2 Å². The Kier molecular flexibility index (Phi) is 10.7. The van der Waals surface area contributed by atoms with Crippen LogP contribution in [0.15, 0.2) is 104 Å². The van der Waals surface area contributed by atoms with Gasteiger partial charge in [-0.1, -0.05) is 97.1 Å². The predicted molar refractivity (Wildman–Crippen MR) is 147 cm³/mol. The smallest absolute Gasteiger partial charge is 0.223 e. The summed E-state index contributed by atoms with van der Waals surface area (Å²) in [6, 6.07) is 29.2. The number of benzene rings is 3. The highest BCUT2D eigenvalue weighted by atomic mass is 16.6. The summed E-state index contributed by atoms with van der Waals surface area (Å²) in [5, 5.41) is 10.5. The van der Waals surface area contributed by atoms with Crippen molar-refractivity contribution in [3.05, 3.63) is 120 Å². The maximum Gasteiger partial charge on any atom is 0.223 e. The van der Waals surface area contributed by atoms with E-state index in [2.05, 4.69) is 6.58 Å². The van der Waals surface area contributed by atoms with Crippen molar-refractivity contribution in [3.63, 3.8) is 0 Å². The number of aliphatic hydroxyl groups excluding tert-OH is 1. The first-order valence-electron chi connectivity index (χ1n) is 13.2. The van der Waals surface area contributed by atoms with E-state index in [-0.39, 0.29) is 12.5 Å². The average Bonchev–Trinajstić information content (AvgIpc) is 2.98. The predicted octanol–water partition coefficient (Wildman–Crippen LogP) is 4.91. The zero-order valence-electron chi connectivity index (χ0n) is 21.7. The average molecular weight is 516 g/mol. The second kappa shape index (κ2) is 14.6. The Bertz CT molecular complexity index is 1110. The van der Waals surface area contributed by atoms with Gasteiger partial charge in [-0.3, -0.25) is 4.79 Å². The van der Waals surface area contributed by atoms with Crippen molar-refractivity contribution in [2.45, 2.75) is 57.0 Å². The van der Waals surface area contributed by atoms with Gasteiger partial charge in [-0.05, 0) is 23.1 Å². The van der Waals surface area contributed by atoms with E-state index in [1.54, 1.807) is 11.0 Å². The minimum atomic E-state index is -0.592. The molecular weight excluding hydrogens is 478 g/mol. The third-order valence-electron chi connectivity index (χ3n) is 6.79. The van der Waals surface area contributed by atoms with Crippen LogP contribution in [0.2, 0.25) is 0 Å². The molecular formula is C32H37NO5. The van der Waals surface area contributed by atoms with Gasteiger partial charge in [0.1, 0.15) is 18.3 Å². The summed E-state index contributed by atoms with van der Waals surface area (Å²) < 4.78 is 19.4. The van der Waals surface area contributed by atoms with Crippen molar-refractivity contribution in [1.82, 2.24) is 4.90 Å². The van der Waals surface area contributed by atoms with Crippen LogP contribution in [0.1, 0.15) is 29.5 Å². The fourth-order valence-corrected chi connectivity index (χ4v) is 4.77. The molecule has 1 fully saturated rings. The molecule has 0 unspecified atom stereocenters. The lowest BCUT2D eigenvalue weighted by Crippen LogP contribution is -2.65. The van der Waals surface area contributed by atoms with Gasteiger partial charge in [-0.15, -0.1) is 6.58 Å². The largest absolute Gasteiger partial charge is 0.394 e. The van der Waals surface area contributed by atoms with Gasteiger partial charge in [0, 0.05) is 6.42 Å². The summed E-state index contributed by atoms with van der Waals surface area (Å²) in [4.78, 5) is 15.0. The third-order valence-corrected chi connectivity index (χ3v) is 6.79. The van der Waals surface area contributed by atoms with Crippen LogP contribution < -0.4 is 0 Å². The summed E-state index contributed by atoms with van der Waals surface area (Å²) in [5.74, 6) is -0.0629. The molecule has 6 nitrogen and oxygen atoms in total. The Morgan fingerprint density at radius 2 is 1.26 bits per heavy atom. The molecule has 1 aliphatic rings. The van der Waals surface area contributed by atoms with Crippen molar-refractivity contribution >= 4 is 5.91 Å². The molecule has 4 rings (SSSR count). The summed E-state index contributed by atoms with van der Waals surface area (Å²) in [7, 11) is 0. The van der Waals surface area contributed by atoms with Gasteiger partial charge < -0.3 is 24.2 Å². The van der Waals surface area contributed by atoms with Crippen molar-refractivity contribution in [3.8, 4) is 0 Å². The Morgan fingerprint density at radius 1 is 0.789 bits per heavy atom. The van der Waals surface area contributed by atoms with Gasteiger partial charge in [0.05, 0.1) is 39.0 Å². The molecule has 3 aromatic carbocycles. The first kappa shape index (κ1) is 27.7. The first-order valence-corrected chi connectivity index (χ1v) is 13.2. The molecule has 0 spiro atoms. The number of hydrogen-bond donors (Lipinski definition) is 1. The fourth-order valence-electron chi connectivity index (χ4n) is 4.77. The lowest BCUT2D eigenvalue weighted by molar-refractivity contribution is -0.209. The van der Waals surface area contributed by atoms with Crippen LogP contribution in [-0.4, -0.2) is 53.4 Å². The van der Waals surface area contributed by atoms with Crippen LogP contribution in [0, 0.1) is 0 Å². The van der Waals surface area contributed by atoms with Crippen LogP contribution in [0.25, 0.3) is 0 Å². The minimum Gasteiger partial charge on any atom is -0.394 e. The third kappa shape index (κ3) is 7.62. The standard InChI is InChI=1S/C32H37NO5/c1-2-3-19-30(35)33-20-29(36-22-25-13-7-4-8-14-25)32(38-24-27-17-11-6-12-18-27)31(28(33)21-34)37-23-26-15-9-5-10-16-26/h2,4-18,28-29,31-32,34H,1,3,19-24H2/t28-,29+,31-,32-/m1/s1. The molecule has 1 heterocycles. The molecule has 0 aromatic heterocycles. The van der Waals surface area contributed by atoms with Crippen LogP contribution in [-0.2, 0) is 38.8 Å². The molecule has 1 saturated heterocycles. The summed E-state index contributed by atoms with van der Waals surface area (Å²) in [6.07, 6.45) is 1.07. The molecule has 0 radical (unpaired) electrons. The van der Waals surface area contributed by atoms with E-state index >= 15 is 0 Å². The number of aliphatic hydroxyl groups is 1. The van der Waals surface area contributed by atoms with Crippen LogP contribution >= 0.6 is 0 Å². The Morgan fingerprint density at radius 3 is 1.74 bits per heavy atom. The zero-order chi connectivity index (χ0) is 26.6. The summed E-state index contributed by atoms with van der Waals surface area (Å²) >= 11 is 0. The Balaban J connectivity index is 1.61. The molecule has 1 amide bonds. The number of carbonyl (C=O) groups excluding carboxylic acids is 1. The molecule has 1 aliphatic heterocycles. The Labute approximate surface area is 225 Å². The molecule has 0 saturated carbocycles.